The zero-order chi connectivity index (χ0) is 10.0. The van der Waals surface area contributed by atoms with Crippen molar-refractivity contribution >= 4 is 5.97 Å². The molecular formula is C12H20O2. The molecule has 2 atom stereocenters. The lowest BCUT2D eigenvalue weighted by Crippen LogP contribution is -2.32. The maximum atomic E-state index is 11.2. The van der Waals surface area contributed by atoms with Crippen molar-refractivity contribution in [3.05, 3.63) is 0 Å². The number of carbonyl (C=O) groups excluding carboxylic acids is 1. The molecule has 2 nitrogen and oxygen atoms in total. The highest BCUT2D eigenvalue weighted by molar-refractivity contribution is 5.72. The Morgan fingerprint density at radius 2 is 2.36 bits per heavy atom. The fraction of sp³-hybridized carbons (Fsp3) is 0.917. The van der Waals surface area contributed by atoms with Crippen LogP contribution in [0.3, 0.4) is 0 Å². The molecule has 1 saturated carbocycles. The zero-order valence-corrected chi connectivity index (χ0v) is 9.05. The molecule has 1 aliphatic heterocycles. The largest absolute Gasteiger partial charge is 0.459 e. The molecule has 0 aromatic heterocycles. The minimum absolute atomic E-state index is 0.0216. The summed E-state index contributed by atoms with van der Waals surface area (Å²) in [4.78, 5) is 11.2. The van der Waals surface area contributed by atoms with Crippen LogP contribution in [0.1, 0.15) is 58.3 Å². The van der Waals surface area contributed by atoms with Gasteiger partial charge in [0.05, 0.1) is 0 Å². The summed E-state index contributed by atoms with van der Waals surface area (Å²) in [5.41, 5.74) is -0.0216. The monoisotopic (exact) mass is 196 g/mol. The van der Waals surface area contributed by atoms with Gasteiger partial charge in [0.25, 0.3) is 0 Å². The Kier molecular flexibility index (Phi) is 2.80. The number of esters is 1. The Morgan fingerprint density at radius 3 is 3.00 bits per heavy atom. The lowest BCUT2D eigenvalue weighted by atomic mass is 9.84. The molecule has 0 N–H and O–H groups in total. The second-order valence-corrected chi connectivity index (χ2v) is 4.77. The third kappa shape index (κ3) is 1.67. The first-order chi connectivity index (χ1) is 6.77. The molecule has 0 amide bonds. The third-order valence-electron chi connectivity index (χ3n) is 3.87. The molecule has 2 heteroatoms. The maximum Gasteiger partial charge on any atom is 0.306 e. The molecule has 14 heavy (non-hydrogen) atoms. The van der Waals surface area contributed by atoms with E-state index < -0.39 is 0 Å². The van der Waals surface area contributed by atoms with Gasteiger partial charge < -0.3 is 4.74 Å². The summed E-state index contributed by atoms with van der Waals surface area (Å²) >= 11 is 0. The summed E-state index contributed by atoms with van der Waals surface area (Å²) < 4.78 is 5.58. The number of ether oxygens (including phenoxy) is 1. The van der Waals surface area contributed by atoms with Crippen LogP contribution in [0.5, 0.6) is 0 Å². The molecule has 0 aromatic rings. The minimum atomic E-state index is -0.0216. The van der Waals surface area contributed by atoms with Crippen LogP contribution < -0.4 is 0 Å². The number of carbonyl (C=O) groups is 1. The van der Waals surface area contributed by atoms with Gasteiger partial charge in [-0.2, -0.15) is 0 Å². The highest BCUT2D eigenvalue weighted by Crippen LogP contribution is 2.47. The molecule has 2 fully saturated rings. The van der Waals surface area contributed by atoms with Gasteiger partial charge in [-0.3, -0.25) is 4.79 Å². The number of rotatable bonds is 3. The van der Waals surface area contributed by atoms with Crippen molar-refractivity contribution in [3.8, 4) is 0 Å². The van der Waals surface area contributed by atoms with Gasteiger partial charge in [0.15, 0.2) is 0 Å². The summed E-state index contributed by atoms with van der Waals surface area (Å²) in [5.74, 6) is 0.697. The molecule has 1 spiro atoms. The standard InChI is InChI=1S/C12H20O2/c1-2-3-5-10-6-4-8-12(10)9-7-11(13)14-12/h10H,2-9H2,1H3/t10-,12-/m0/s1. The molecule has 80 valence electrons. The number of hydrogen-bond acceptors (Lipinski definition) is 2. The van der Waals surface area contributed by atoms with Crippen LogP contribution in [-0.4, -0.2) is 11.6 Å². The van der Waals surface area contributed by atoms with Crippen molar-refractivity contribution in [1.82, 2.24) is 0 Å². The van der Waals surface area contributed by atoms with E-state index in [0.717, 1.165) is 12.8 Å². The van der Waals surface area contributed by atoms with Crippen molar-refractivity contribution in [3.63, 3.8) is 0 Å². The van der Waals surface area contributed by atoms with Crippen molar-refractivity contribution in [2.45, 2.75) is 63.9 Å². The first-order valence-electron chi connectivity index (χ1n) is 5.99. The van der Waals surface area contributed by atoms with E-state index in [4.69, 9.17) is 4.74 Å². The first kappa shape index (κ1) is 10.0. The minimum Gasteiger partial charge on any atom is -0.459 e. The molecule has 0 unspecified atom stereocenters. The van der Waals surface area contributed by atoms with Crippen LogP contribution in [0.2, 0.25) is 0 Å². The van der Waals surface area contributed by atoms with Crippen LogP contribution in [0.4, 0.5) is 0 Å². The molecule has 0 radical (unpaired) electrons. The van der Waals surface area contributed by atoms with Gasteiger partial charge in [0, 0.05) is 6.42 Å². The number of hydrogen-bond donors (Lipinski definition) is 0. The molecule has 2 rings (SSSR count). The summed E-state index contributed by atoms with van der Waals surface area (Å²) in [5, 5.41) is 0. The zero-order valence-electron chi connectivity index (χ0n) is 9.05. The van der Waals surface area contributed by atoms with E-state index in [9.17, 15) is 4.79 Å². The quantitative estimate of drug-likeness (QED) is 0.648. The van der Waals surface area contributed by atoms with E-state index in [1.807, 2.05) is 0 Å². The maximum absolute atomic E-state index is 11.2. The SMILES string of the molecule is CCCC[C@H]1CCC[C@]12CCC(=O)O2. The summed E-state index contributed by atoms with van der Waals surface area (Å²) in [7, 11) is 0. The third-order valence-corrected chi connectivity index (χ3v) is 3.87. The fourth-order valence-electron chi connectivity index (χ4n) is 3.08. The van der Waals surface area contributed by atoms with Crippen LogP contribution >= 0.6 is 0 Å². The normalized spacial score (nSPS) is 36.6. The number of unbranched alkanes of at least 4 members (excludes halogenated alkanes) is 1. The molecule has 0 aromatic carbocycles. The molecular weight excluding hydrogens is 176 g/mol. The summed E-state index contributed by atoms with van der Waals surface area (Å²) in [6.07, 6.45) is 9.07. The fourth-order valence-corrected chi connectivity index (χ4v) is 3.08. The van der Waals surface area contributed by atoms with Crippen LogP contribution in [0.25, 0.3) is 0 Å². The Hall–Kier alpha value is -0.530. The first-order valence-corrected chi connectivity index (χ1v) is 5.99. The van der Waals surface area contributed by atoms with Gasteiger partial charge in [-0.25, -0.2) is 0 Å². The Morgan fingerprint density at radius 1 is 1.50 bits per heavy atom. The van der Waals surface area contributed by atoms with Crippen LogP contribution in [0, 0.1) is 5.92 Å². The van der Waals surface area contributed by atoms with Crippen LogP contribution in [-0.2, 0) is 9.53 Å². The van der Waals surface area contributed by atoms with Gasteiger partial charge in [0.2, 0.25) is 0 Å². The molecule has 2 aliphatic rings. The van der Waals surface area contributed by atoms with Gasteiger partial charge in [0.1, 0.15) is 5.60 Å². The highest BCUT2D eigenvalue weighted by Gasteiger charge is 2.49. The highest BCUT2D eigenvalue weighted by atomic mass is 16.6. The lowest BCUT2D eigenvalue weighted by Gasteiger charge is -2.29. The average Bonchev–Trinajstić information content (AvgIpc) is 2.72. The van der Waals surface area contributed by atoms with E-state index in [-0.39, 0.29) is 11.6 Å². The van der Waals surface area contributed by atoms with Crippen molar-refractivity contribution in [2.75, 3.05) is 0 Å². The molecule has 1 saturated heterocycles. The van der Waals surface area contributed by atoms with E-state index in [1.165, 1.54) is 32.1 Å². The predicted octanol–water partition coefficient (Wildman–Crippen LogP) is 3.05. The Bertz CT molecular complexity index is 224. The molecule has 1 heterocycles. The van der Waals surface area contributed by atoms with E-state index in [1.54, 1.807) is 0 Å². The molecule has 1 aliphatic carbocycles. The average molecular weight is 196 g/mol. The second kappa shape index (κ2) is 3.92. The van der Waals surface area contributed by atoms with E-state index in [0.29, 0.717) is 12.3 Å². The van der Waals surface area contributed by atoms with Gasteiger partial charge in [-0.1, -0.05) is 19.8 Å². The predicted molar refractivity (Wildman–Crippen MR) is 54.9 cm³/mol. The lowest BCUT2D eigenvalue weighted by molar-refractivity contribution is -0.151. The van der Waals surface area contributed by atoms with Crippen LogP contribution in [0.15, 0.2) is 0 Å². The summed E-state index contributed by atoms with van der Waals surface area (Å²) in [6, 6.07) is 0. The van der Waals surface area contributed by atoms with Crippen molar-refractivity contribution in [2.24, 2.45) is 5.92 Å². The van der Waals surface area contributed by atoms with E-state index in [2.05, 4.69) is 6.92 Å². The Labute approximate surface area is 86.0 Å². The Balaban J connectivity index is 1.99. The van der Waals surface area contributed by atoms with Crippen molar-refractivity contribution in [1.29, 1.82) is 0 Å². The second-order valence-electron chi connectivity index (χ2n) is 4.77. The molecule has 0 bridgehead atoms. The smallest absolute Gasteiger partial charge is 0.306 e. The van der Waals surface area contributed by atoms with Crippen molar-refractivity contribution < 1.29 is 9.53 Å². The van der Waals surface area contributed by atoms with E-state index >= 15 is 0 Å². The topological polar surface area (TPSA) is 26.3 Å². The summed E-state index contributed by atoms with van der Waals surface area (Å²) in [6.45, 7) is 2.22. The van der Waals surface area contributed by atoms with Gasteiger partial charge in [-0.15, -0.1) is 0 Å². The van der Waals surface area contributed by atoms with Gasteiger partial charge >= 0.3 is 5.97 Å². The van der Waals surface area contributed by atoms with Gasteiger partial charge in [-0.05, 0) is 38.0 Å².